The lowest BCUT2D eigenvalue weighted by Crippen LogP contribution is -2.46. The summed E-state index contributed by atoms with van der Waals surface area (Å²) in [6, 6.07) is 0.811. The van der Waals surface area contributed by atoms with E-state index in [0.29, 0.717) is 6.04 Å². The average Bonchev–Trinajstić information content (AvgIpc) is 2.72. The van der Waals surface area contributed by atoms with E-state index in [-0.39, 0.29) is 12.3 Å². The lowest BCUT2D eigenvalue weighted by Gasteiger charge is -2.28. The molecule has 3 nitrogen and oxygen atoms in total. The summed E-state index contributed by atoms with van der Waals surface area (Å²) in [7, 11) is 3.37. The first-order valence-corrected chi connectivity index (χ1v) is 6.00. The predicted molar refractivity (Wildman–Crippen MR) is 61.8 cm³/mol. The summed E-state index contributed by atoms with van der Waals surface area (Å²) in [5, 5.41) is 3.57. The van der Waals surface area contributed by atoms with Crippen LogP contribution < -0.4 is 5.32 Å². The van der Waals surface area contributed by atoms with E-state index < -0.39 is 0 Å². The van der Waals surface area contributed by atoms with Crippen LogP contribution in [0.4, 0.5) is 0 Å². The highest BCUT2D eigenvalue weighted by Crippen LogP contribution is 2.27. The van der Waals surface area contributed by atoms with Crippen LogP contribution >= 0.6 is 0 Å². The van der Waals surface area contributed by atoms with Crippen molar-refractivity contribution in [3.8, 4) is 0 Å². The molecule has 0 heterocycles. The van der Waals surface area contributed by atoms with Crippen LogP contribution in [0.5, 0.6) is 0 Å². The molecule has 0 bridgehead atoms. The van der Waals surface area contributed by atoms with Gasteiger partial charge in [0.15, 0.2) is 6.29 Å². The number of nitrogens with one attached hydrogen (secondary N) is 1. The van der Waals surface area contributed by atoms with Gasteiger partial charge in [0.1, 0.15) is 0 Å². The highest BCUT2D eigenvalue weighted by molar-refractivity contribution is 4.80. The quantitative estimate of drug-likeness (QED) is 0.689. The summed E-state index contributed by atoms with van der Waals surface area (Å²) < 4.78 is 10.5. The number of methoxy groups -OCH3 is 2. The maximum atomic E-state index is 5.24. The Balaban J connectivity index is 2.32. The van der Waals surface area contributed by atoms with E-state index in [2.05, 4.69) is 19.2 Å². The van der Waals surface area contributed by atoms with Gasteiger partial charge in [0.05, 0.1) is 6.04 Å². The summed E-state index contributed by atoms with van der Waals surface area (Å²) in [4.78, 5) is 0. The van der Waals surface area contributed by atoms with Gasteiger partial charge in [-0.05, 0) is 32.6 Å². The second-order valence-electron chi connectivity index (χ2n) is 4.63. The third-order valence-corrected chi connectivity index (χ3v) is 3.51. The lowest BCUT2D eigenvalue weighted by molar-refractivity contribution is -0.121. The van der Waals surface area contributed by atoms with Gasteiger partial charge >= 0.3 is 0 Å². The van der Waals surface area contributed by atoms with Gasteiger partial charge in [0.2, 0.25) is 0 Å². The van der Waals surface area contributed by atoms with Crippen LogP contribution in [0.3, 0.4) is 0 Å². The molecule has 1 N–H and O–H groups in total. The summed E-state index contributed by atoms with van der Waals surface area (Å²) in [6.45, 7) is 4.39. The molecule has 3 heteroatoms. The molecule has 0 aromatic heterocycles. The van der Waals surface area contributed by atoms with Crippen LogP contribution in [-0.2, 0) is 9.47 Å². The Morgan fingerprint density at radius 1 is 1.07 bits per heavy atom. The largest absolute Gasteiger partial charge is 0.354 e. The van der Waals surface area contributed by atoms with Crippen molar-refractivity contribution in [2.75, 3.05) is 14.2 Å². The van der Waals surface area contributed by atoms with Crippen molar-refractivity contribution in [2.45, 2.75) is 57.9 Å². The molecule has 0 spiro atoms. The van der Waals surface area contributed by atoms with Crippen molar-refractivity contribution in [3.05, 3.63) is 0 Å². The standard InChI is InChI=1S/C12H25NO2/c1-9(11-7-5-6-8-11)13-10(2)12(14-3)15-4/h9-13H,5-8H2,1-4H3. The molecule has 1 aliphatic carbocycles. The monoisotopic (exact) mass is 215 g/mol. The topological polar surface area (TPSA) is 30.5 Å². The number of rotatable bonds is 6. The van der Waals surface area contributed by atoms with Crippen molar-refractivity contribution >= 4 is 0 Å². The van der Waals surface area contributed by atoms with Crippen molar-refractivity contribution in [2.24, 2.45) is 5.92 Å². The van der Waals surface area contributed by atoms with E-state index >= 15 is 0 Å². The molecule has 2 unspecified atom stereocenters. The molecule has 15 heavy (non-hydrogen) atoms. The van der Waals surface area contributed by atoms with Crippen LogP contribution in [0.1, 0.15) is 39.5 Å². The number of hydrogen-bond donors (Lipinski definition) is 1. The Labute approximate surface area is 93.5 Å². The molecular weight excluding hydrogens is 190 g/mol. The summed E-state index contributed by atoms with van der Waals surface area (Å²) in [6.07, 6.45) is 5.37. The van der Waals surface area contributed by atoms with Gasteiger partial charge in [0, 0.05) is 20.3 Å². The molecule has 2 atom stereocenters. The lowest BCUT2D eigenvalue weighted by atomic mass is 9.99. The van der Waals surface area contributed by atoms with E-state index in [4.69, 9.17) is 9.47 Å². The first kappa shape index (κ1) is 12.9. The fourth-order valence-electron chi connectivity index (χ4n) is 2.59. The molecule has 1 rings (SSSR count). The number of ether oxygens (including phenoxy) is 2. The van der Waals surface area contributed by atoms with Gasteiger partial charge in [-0.1, -0.05) is 12.8 Å². The van der Waals surface area contributed by atoms with Crippen LogP contribution in [0.25, 0.3) is 0 Å². The summed E-state index contributed by atoms with van der Waals surface area (Å²) in [5.41, 5.74) is 0. The highest BCUT2D eigenvalue weighted by atomic mass is 16.7. The molecule has 0 amide bonds. The number of hydrogen-bond acceptors (Lipinski definition) is 3. The van der Waals surface area contributed by atoms with Crippen LogP contribution in [0, 0.1) is 5.92 Å². The zero-order chi connectivity index (χ0) is 11.3. The normalized spacial score (nSPS) is 22.2. The third-order valence-electron chi connectivity index (χ3n) is 3.51. The Hall–Kier alpha value is -0.120. The maximum Gasteiger partial charge on any atom is 0.171 e. The molecule has 0 aromatic rings. The van der Waals surface area contributed by atoms with E-state index in [1.54, 1.807) is 14.2 Å². The fraction of sp³-hybridized carbons (Fsp3) is 1.00. The van der Waals surface area contributed by atoms with Crippen molar-refractivity contribution in [1.29, 1.82) is 0 Å². The Morgan fingerprint density at radius 2 is 1.60 bits per heavy atom. The minimum absolute atomic E-state index is 0.145. The second kappa shape index (κ2) is 6.46. The van der Waals surface area contributed by atoms with Crippen molar-refractivity contribution < 1.29 is 9.47 Å². The van der Waals surface area contributed by atoms with Gasteiger partial charge < -0.3 is 14.8 Å². The average molecular weight is 215 g/mol. The first-order valence-electron chi connectivity index (χ1n) is 6.00. The molecule has 0 radical (unpaired) electrons. The SMILES string of the molecule is COC(OC)C(C)NC(C)C1CCCC1. The van der Waals surface area contributed by atoms with E-state index in [0.717, 1.165) is 5.92 Å². The zero-order valence-electron chi connectivity index (χ0n) is 10.5. The predicted octanol–water partition coefficient (Wildman–Crippen LogP) is 2.16. The van der Waals surface area contributed by atoms with Crippen LogP contribution in [0.2, 0.25) is 0 Å². The van der Waals surface area contributed by atoms with E-state index in [9.17, 15) is 0 Å². The van der Waals surface area contributed by atoms with Crippen LogP contribution in [0.15, 0.2) is 0 Å². The summed E-state index contributed by atoms with van der Waals surface area (Å²) >= 11 is 0. The van der Waals surface area contributed by atoms with Crippen molar-refractivity contribution in [1.82, 2.24) is 5.32 Å². The molecule has 90 valence electrons. The van der Waals surface area contributed by atoms with Crippen LogP contribution in [-0.4, -0.2) is 32.6 Å². The highest BCUT2D eigenvalue weighted by Gasteiger charge is 2.25. The minimum Gasteiger partial charge on any atom is -0.354 e. The third kappa shape index (κ3) is 3.74. The molecular formula is C12H25NO2. The maximum absolute atomic E-state index is 5.24. The van der Waals surface area contributed by atoms with Gasteiger partial charge in [-0.25, -0.2) is 0 Å². The molecule has 0 aromatic carbocycles. The van der Waals surface area contributed by atoms with E-state index in [1.807, 2.05) is 0 Å². The fourth-order valence-corrected chi connectivity index (χ4v) is 2.59. The smallest absolute Gasteiger partial charge is 0.171 e. The van der Waals surface area contributed by atoms with Gasteiger partial charge in [-0.3, -0.25) is 0 Å². The molecule has 0 saturated heterocycles. The van der Waals surface area contributed by atoms with Gasteiger partial charge in [-0.2, -0.15) is 0 Å². The van der Waals surface area contributed by atoms with Crippen molar-refractivity contribution in [3.63, 3.8) is 0 Å². The Morgan fingerprint density at radius 3 is 2.07 bits per heavy atom. The molecule has 1 saturated carbocycles. The van der Waals surface area contributed by atoms with Gasteiger partial charge in [-0.15, -0.1) is 0 Å². The Bertz CT molecular complexity index is 159. The first-order chi connectivity index (χ1) is 7.19. The zero-order valence-corrected chi connectivity index (χ0v) is 10.5. The van der Waals surface area contributed by atoms with Gasteiger partial charge in [0.25, 0.3) is 0 Å². The minimum atomic E-state index is -0.145. The summed E-state index contributed by atoms with van der Waals surface area (Å²) in [5.74, 6) is 0.835. The molecule has 1 aliphatic rings. The van der Waals surface area contributed by atoms with E-state index in [1.165, 1.54) is 25.7 Å². The molecule has 1 fully saturated rings. The Kier molecular flexibility index (Phi) is 5.58. The molecule has 0 aliphatic heterocycles. The second-order valence-corrected chi connectivity index (χ2v) is 4.63.